The van der Waals surface area contributed by atoms with Gasteiger partial charge in [-0.2, -0.15) is 0 Å². The van der Waals surface area contributed by atoms with E-state index in [0.717, 1.165) is 135 Å². The summed E-state index contributed by atoms with van der Waals surface area (Å²) < 4.78 is 16.8. The Morgan fingerprint density at radius 2 is 0.565 bits per heavy atom. The molecule has 0 aromatic heterocycles. The molecule has 0 spiro atoms. The van der Waals surface area contributed by atoms with Crippen LogP contribution < -0.4 is 0 Å². The molecule has 1 atom stereocenters. The largest absolute Gasteiger partial charge is 0.462 e. The summed E-state index contributed by atoms with van der Waals surface area (Å²) in [5, 5.41) is 0. The monoisotopic (exact) mass is 957 g/mol. The first kappa shape index (κ1) is 65.1. The van der Waals surface area contributed by atoms with Crippen LogP contribution in [0.2, 0.25) is 0 Å². The van der Waals surface area contributed by atoms with Gasteiger partial charge in [0.1, 0.15) is 13.2 Å². The minimum atomic E-state index is -0.804. The van der Waals surface area contributed by atoms with Gasteiger partial charge in [0.25, 0.3) is 0 Å². The van der Waals surface area contributed by atoms with Crippen molar-refractivity contribution in [3.8, 4) is 0 Å². The van der Waals surface area contributed by atoms with Crippen molar-refractivity contribution in [2.45, 2.75) is 258 Å². The molecule has 0 amide bonds. The van der Waals surface area contributed by atoms with Crippen LogP contribution in [0.4, 0.5) is 0 Å². The molecular weight excluding hydrogens is 853 g/mol. The highest BCUT2D eigenvalue weighted by Gasteiger charge is 2.19. The molecule has 0 aliphatic heterocycles. The molecule has 0 aliphatic carbocycles. The van der Waals surface area contributed by atoms with E-state index >= 15 is 0 Å². The second kappa shape index (κ2) is 56.7. The van der Waals surface area contributed by atoms with Crippen molar-refractivity contribution in [2.24, 2.45) is 0 Å². The summed E-state index contributed by atoms with van der Waals surface area (Å²) in [6.07, 6.45) is 76.5. The molecule has 0 saturated carbocycles. The molecule has 392 valence electrons. The smallest absolute Gasteiger partial charge is 0.306 e. The second-order valence-electron chi connectivity index (χ2n) is 18.4. The lowest BCUT2D eigenvalue weighted by atomic mass is 10.1. The molecule has 0 bridgehead atoms. The number of unbranched alkanes of at least 4 members (excludes halogenated alkanes) is 21. The van der Waals surface area contributed by atoms with Gasteiger partial charge in [0.05, 0.1) is 0 Å². The summed E-state index contributed by atoms with van der Waals surface area (Å²) in [6.45, 7) is 6.36. The summed E-state index contributed by atoms with van der Waals surface area (Å²) in [5.41, 5.74) is 0. The maximum atomic E-state index is 12.8. The first-order valence-electron chi connectivity index (χ1n) is 28.4. The second-order valence-corrected chi connectivity index (χ2v) is 18.4. The minimum absolute atomic E-state index is 0.100. The van der Waals surface area contributed by atoms with Gasteiger partial charge in [-0.05, 0) is 122 Å². The van der Waals surface area contributed by atoms with Crippen LogP contribution in [-0.4, -0.2) is 37.2 Å². The normalized spacial score (nSPS) is 12.9. The molecule has 6 heteroatoms. The van der Waals surface area contributed by atoms with E-state index in [4.69, 9.17) is 14.2 Å². The topological polar surface area (TPSA) is 78.9 Å². The van der Waals surface area contributed by atoms with Gasteiger partial charge in [0.15, 0.2) is 6.10 Å². The molecular formula is C63H104O6. The summed E-state index contributed by atoms with van der Waals surface area (Å²) in [4.78, 5) is 38.1. The fraction of sp³-hybridized carbons (Fsp3) is 0.667. The molecule has 0 radical (unpaired) electrons. The molecule has 0 fully saturated rings. The summed E-state index contributed by atoms with van der Waals surface area (Å²) >= 11 is 0. The van der Waals surface area contributed by atoms with Crippen molar-refractivity contribution in [3.63, 3.8) is 0 Å². The molecule has 6 nitrogen and oxygen atoms in total. The number of carbonyl (C=O) groups excluding carboxylic acids is 3. The van der Waals surface area contributed by atoms with E-state index < -0.39 is 6.10 Å². The van der Waals surface area contributed by atoms with Crippen molar-refractivity contribution in [2.75, 3.05) is 13.2 Å². The van der Waals surface area contributed by atoms with Gasteiger partial charge in [-0.1, -0.05) is 220 Å². The molecule has 1 unspecified atom stereocenters. The Kier molecular flexibility index (Phi) is 53.4. The lowest BCUT2D eigenvalue weighted by Gasteiger charge is -2.18. The maximum Gasteiger partial charge on any atom is 0.306 e. The zero-order chi connectivity index (χ0) is 50.0. The van der Waals surface area contributed by atoms with Crippen LogP contribution in [-0.2, 0) is 28.6 Å². The minimum Gasteiger partial charge on any atom is -0.462 e. The molecule has 69 heavy (non-hydrogen) atoms. The predicted molar refractivity (Wildman–Crippen MR) is 297 cm³/mol. The van der Waals surface area contributed by atoms with E-state index in [-0.39, 0.29) is 31.1 Å². The summed E-state index contributed by atoms with van der Waals surface area (Å²) in [5.74, 6) is -0.953. The Balaban J connectivity index is 4.44. The lowest BCUT2D eigenvalue weighted by molar-refractivity contribution is -0.167. The molecule has 0 rings (SSSR count). The van der Waals surface area contributed by atoms with Crippen LogP contribution in [0.15, 0.2) is 109 Å². The Bertz CT molecular complexity index is 1420. The third-order valence-corrected chi connectivity index (χ3v) is 11.7. The van der Waals surface area contributed by atoms with Crippen molar-refractivity contribution < 1.29 is 28.6 Å². The zero-order valence-electron chi connectivity index (χ0n) is 44.8. The number of hydrogen-bond acceptors (Lipinski definition) is 6. The van der Waals surface area contributed by atoms with Crippen LogP contribution >= 0.6 is 0 Å². The van der Waals surface area contributed by atoms with Crippen LogP contribution in [0.3, 0.4) is 0 Å². The third kappa shape index (κ3) is 54.9. The van der Waals surface area contributed by atoms with Gasteiger partial charge in [-0.25, -0.2) is 0 Å². The van der Waals surface area contributed by atoms with Gasteiger partial charge < -0.3 is 14.2 Å². The number of hydrogen-bond donors (Lipinski definition) is 0. The SMILES string of the molecule is CC/C=C\C/C=C\C/C=C\CCCCCCCCCC(=O)OC(COC(=O)CCCCC/C=C\C/C=C\C/C=C\CC)COC(=O)CCCCCCCC/C=C\C/C=C\C/C=C\CCCCCCC. The van der Waals surface area contributed by atoms with E-state index in [0.29, 0.717) is 19.3 Å². The fourth-order valence-corrected chi connectivity index (χ4v) is 7.54. The molecule has 0 aliphatic rings. The summed E-state index contributed by atoms with van der Waals surface area (Å²) in [7, 11) is 0. The third-order valence-electron chi connectivity index (χ3n) is 11.7. The van der Waals surface area contributed by atoms with Crippen LogP contribution in [0.5, 0.6) is 0 Å². The number of ether oxygens (including phenoxy) is 3. The van der Waals surface area contributed by atoms with Crippen molar-refractivity contribution >= 4 is 17.9 Å². The van der Waals surface area contributed by atoms with Crippen LogP contribution in [0.25, 0.3) is 0 Å². The fourth-order valence-electron chi connectivity index (χ4n) is 7.54. The maximum absolute atomic E-state index is 12.8. The Hall–Kier alpha value is -3.93. The van der Waals surface area contributed by atoms with E-state index in [1.165, 1.54) is 77.0 Å². The van der Waals surface area contributed by atoms with Gasteiger partial charge in [-0.3, -0.25) is 14.4 Å². The number of esters is 3. The van der Waals surface area contributed by atoms with Crippen molar-refractivity contribution in [1.82, 2.24) is 0 Å². The standard InChI is InChI=1S/C63H104O6/c1-4-7-10-13-16-19-22-25-27-29-30-31-32-34-35-38-41-44-47-50-53-56-62(65)68-59-60(58-67-61(64)55-52-49-46-43-40-37-24-21-18-15-12-9-6-3)69-63(66)57-54-51-48-45-42-39-36-33-28-26-23-20-17-14-11-8-5-2/h8-9,11-12,17-18,20-22,25-26,28-30,32,34,37,40,60H,4-7,10,13-16,19,23-24,27,31,33,35-36,38-39,41-59H2,1-3H3/b11-8-,12-9-,20-17-,21-18-,25-22-,28-26-,30-29-,34-32-,40-37-. The molecule has 0 aromatic rings. The highest BCUT2D eigenvalue weighted by molar-refractivity contribution is 5.71. The molecule has 0 aromatic carbocycles. The number of rotatable bonds is 50. The van der Waals surface area contributed by atoms with Gasteiger partial charge in [-0.15, -0.1) is 0 Å². The highest BCUT2D eigenvalue weighted by atomic mass is 16.6. The Morgan fingerprint density at radius 3 is 0.899 bits per heavy atom. The van der Waals surface area contributed by atoms with E-state index in [2.05, 4.69) is 130 Å². The van der Waals surface area contributed by atoms with Crippen LogP contribution in [0, 0.1) is 0 Å². The zero-order valence-corrected chi connectivity index (χ0v) is 44.8. The summed E-state index contributed by atoms with van der Waals surface area (Å²) in [6, 6.07) is 0. The van der Waals surface area contributed by atoms with Crippen LogP contribution in [0.1, 0.15) is 252 Å². The van der Waals surface area contributed by atoms with Gasteiger partial charge >= 0.3 is 17.9 Å². The van der Waals surface area contributed by atoms with E-state index in [9.17, 15) is 14.4 Å². The molecule has 0 saturated heterocycles. The average Bonchev–Trinajstić information content (AvgIpc) is 3.35. The quantitative estimate of drug-likeness (QED) is 0.0262. The van der Waals surface area contributed by atoms with Crippen molar-refractivity contribution in [1.29, 1.82) is 0 Å². The predicted octanol–water partition coefficient (Wildman–Crippen LogP) is 19.1. The van der Waals surface area contributed by atoms with Crippen molar-refractivity contribution in [3.05, 3.63) is 109 Å². The van der Waals surface area contributed by atoms with Gasteiger partial charge in [0.2, 0.25) is 0 Å². The number of carbonyl (C=O) groups is 3. The number of allylic oxidation sites excluding steroid dienone is 18. The molecule has 0 heterocycles. The van der Waals surface area contributed by atoms with E-state index in [1.54, 1.807) is 0 Å². The first-order valence-corrected chi connectivity index (χ1v) is 28.4. The van der Waals surface area contributed by atoms with Gasteiger partial charge in [0, 0.05) is 19.3 Å². The van der Waals surface area contributed by atoms with E-state index in [1.807, 2.05) is 0 Å². The molecule has 0 N–H and O–H groups in total. The Labute approximate surface area is 425 Å². The highest BCUT2D eigenvalue weighted by Crippen LogP contribution is 2.14. The Morgan fingerprint density at radius 1 is 0.304 bits per heavy atom. The first-order chi connectivity index (χ1) is 34.0. The lowest BCUT2D eigenvalue weighted by Crippen LogP contribution is -2.30. The average molecular weight is 958 g/mol.